The van der Waals surface area contributed by atoms with E-state index >= 15 is 0 Å². The molecule has 0 bridgehead atoms. The monoisotopic (exact) mass is 888 g/mol. The number of carbonyl (C=O) groups excluding carboxylic acids is 2. The van der Waals surface area contributed by atoms with Crippen LogP contribution in [0.15, 0.2) is 109 Å². The predicted octanol–water partition coefficient (Wildman–Crippen LogP) is 15.9. The van der Waals surface area contributed by atoms with Crippen LogP contribution in [0.5, 0.6) is 0 Å². The van der Waals surface area contributed by atoms with Gasteiger partial charge in [0, 0.05) is 6.42 Å². The Kier molecular flexibility index (Phi) is 47.8. The Labute approximate surface area is 394 Å². The number of nitrogens with one attached hydrogen (secondary N) is 1. The van der Waals surface area contributed by atoms with E-state index in [0.29, 0.717) is 19.3 Å². The van der Waals surface area contributed by atoms with Crippen LogP contribution in [0, 0.1) is 0 Å². The van der Waals surface area contributed by atoms with E-state index in [1.54, 1.807) is 0 Å². The Bertz CT molecular complexity index is 1320. The van der Waals surface area contributed by atoms with Crippen molar-refractivity contribution in [2.45, 2.75) is 238 Å². The van der Waals surface area contributed by atoms with Gasteiger partial charge in [-0.25, -0.2) is 0 Å². The highest BCUT2D eigenvalue weighted by molar-refractivity contribution is 5.77. The minimum atomic E-state index is -0.810. The zero-order valence-corrected chi connectivity index (χ0v) is 41.4. The van der Waals surface area contributed by atoms with Gasteiger partial charge in [-0.15, -0.1) is 0 Å². The van der Waals surface area contributed by atoms with Crippen LogP contribution in [-0.2, 0) is 14.3 Å². The molecule has 3 unspecified atom stereocenters. The number of hydrogen-bond donors (Lipinski definition) is 3. The van der Waals surface area contributed by atoms with Gasteiger partial charge in [-0.05, 0) is 64.2 Å². The summed E-state index contributed by atoms with van der Waals surface area (Å²) < 4.78 is 5.91. The second-order valence-electron chi connectivity index (χ2n) is 17.4. The third kappa shape index (κ3) is 45.1. The van der Waals surface area contributed by atoms with Gasteiger partial charge in [0.1, 0.15) is 6.10 Å². The number of aliphatic hydroxyl groups excluding tert-OH is 2. The molecule has 0 radical (unpaired) electrons. The Hall–Kier alpha value is -3.48. The lowest BCUT2D eigenvalue weighted by molar-refractivity contribution is -0.151. The number of carbonyl (C=O) groups is 2. The van der Waals surface area contributed by atoms with Gasteiger partial charge in [0.25, 0.3) is 0 Å². The Morgan fingerprint density at radius 2 is 0.875 bits per heavy atom. The fourth-order valence-electron chi connectivity index (χ4n) is 7.35. The first-order chi connectivity index (χ1) is 31.5. The molecule has 0 heterocycles. The lowest BCUT2D eigenvalue weighted by Crippen LogP contribution is -2.46. The summed E-state index contributed by atoms with van der Waals surface area (Å²) in [5, 5.41) is 23.8. The van der Waals surface area contributed by atoms with E-state index in [-0.39, 0.29) is 24.9 Å². The molecule has 0 aliphatic heterocycles. The molecule has 64 heavy (non-hydrogen) atoms. The van der Waals surface area contributed by atoms with Gasteiger partial charge in [-0.3, -0.25) is 9.59 Å². The maximum absolute atomic E-state index is 13.2. The Morgan fingerprint density at radius 3 is 1.36 bits per heavy atom. The highest BCUT2D eigenvalue weighted by Crippen LogP contribution is 2.17. The average Bonchev–Trinajstić information content (AvgIpc) is 3.29. The maximum atomic E-state index is 13.2. The molecule has 0 aromatic rings. The van der Waals surface area contributed by atoms with E-state index in [9.17, 15) is 19.8 Å². The van der Waals surface area contributed by atoms with E-state index in [1.165, 1.54) is 77.0 Å². The molecule has 3 N–H and O–H groups in total. The zero-order chi connectivity index (χ0) is 46.7. The number of hydrogen-bond acceptors (Lipinski definition) is 5. The zero-order valence-electron chi connectivity index (χ0n) is 41.4. The van der Waals surface area contributed by atoms with Crippen molar-refractivity contribution in [3.63, 3.8) is 0 Å². The minimum absolute atomic E-state index is 0.0340. The summed E-state index contributed by atoms with van der Waals surface area (Å²) in [7, 11) is 0. The summed E-state index contributed by atoms with van der Waals surface area (Å²) in [6, 6.07) is -0.727. The summed E-state index contributed by atoms with van der Waals surface area (Å²) >= 11 is 0. The maximum Gasteiger partial charge on any atom is 0.306 e. The molecule has 0 saturated carbocycles. The fraction of sp³-hybridized carbons (Fsp3) is 0.655. The smallest absolute Gasteiger partial charge is 0.306 e. The molecule has 6 nitrogen and oxygen atoms in total. The van der Waals surface area contributed by atoms with Crippen molar-refractivity contribution in [3.8, 4) is 0 Å². The minimum Gasteiger partial charge on any atom is -0.462 e. The van der Waals surface area contributed by atoms with Gasteiger partial charge >= 0.3 is 5.97 Å². The summed E-state index contributed by atoms with van der Waals surface area (Å²) in [6.07, 6.45) is 68.5. The lowest BCUT2D eigenvalue weighted by Gasteiger charge is -2.24. The van der Waals surface area contributed by atoms with Crippen LogP contribution in [0.25, 0.3) is 0 Å². The van der Waals surface area contributed by atoms with Crippen LogP contribution < -0.4 is 5.32 Å². The third-order valence-corrected chi connectivity index (χ3v) is 11.3. The second-order valence-corrected chi connectivity index (χ2v) is 17.4. The molecule has 0 aliphatic rings. The first kappa shape index (κ1) is 60.5. The molecule has 0 aromatic carbocycles. The average molecular weight is 888 g/mol. The normalized spacial score (nSPS) is 14.1. The molecule has 1 amide bonds. The van der Waals surface area contributed by atoms with Gasteiger partial charge in [-0.1, -0.05) is 252 Å². The molecule has 3 atom stereocenters. The predicted molar refractivity (Wildman–Crippen MR) is 277 cm³/mol. The van der Waals surface area contributed by atoms with Gasteiger partial charge in [-0.2, -0.15) is 0 Å². The van der Waals surface area contributed by atoms with E-state index in [4.69, 9.17) is 4.74 Å². The van der Waals surface area contributed by atoms with Crippen LogP contribution in [0.3, 0.4) is 0 Å². The van der Waals surface area contributed by atoms with Gasteiger partial charge in [0.15, 0.2) is 0 Å². The highest BCUT2D eigenvalue weighted by Gasteiger charge is 2.24. The SMILES string of the molecule is CC/C=C/C=C/C=C/C=C\CCCCCC(CC(=O)NC(CO)C(O)CCCCCCCCCCCCCCCC)OC(=O)CCCCCCC/C=C/C=C/C=C/C=C/C=C/CCC. The Morgan fingerprint density at radius 1 is 0.469 bits per heavy atom. The van der Waals surface area contributed by atoms with Gasteiger partial charge < -0.3 is 20.3 Å². The largest absolute Gasteiger partial charge is 0.462 e. The summed E-state index contributed by atoms with van der Waals surface area (Å²) in [6.45, 7) is 6.23. The van der Waals surface area contributed by atoms with E-state index in [0.717, 1.165) is 96.3 Å². The number of allylic oxidation sites excluding steroid dienone is 18. The number of unbranched alkanes of at least 4 members (excludes halogenated alkanes) is 22. The third-order valence-electron chi connectivity index (χ3n) is 11.3. The van der Waals surface area contributed by atoms with Crippen molar-refractivity contribution in [2.75, 3.05) is 6.61 Å². The standard InChI is InChI=1S/C58H97NO5/c1-4-7-10-13-16-19-22-25-27-28-29-30-33-36-39-42-45-48-51-58(63)64-54(49-46-43-40-37-34-31-24-21-18-15-12-9-6-3)52-57(62)59-55(53-60)56(61)50-47-44-41-38-35-32-26-23-20-17-14-11-8-5-2/h9-10,12-13,15-16,18-19,21-22,24-25,27-31,34,54-56,60-61H,4-8,11,14,17,20,23,26,32-33,35-53H2,1-3H3,(H,59,62)/b12-9+,13-10+,18-15+,19-16+,24-21+,25-22+,28-27+,30-29+,34-31-. The molecule has 0 saturated heterocycles. The molecule has 364 valence electrons. The van der Waals surface area contributed by atoms with Gasteiger partial charge in [0.05, 0.1) is 25.2 Å². The van der Waals surface area contributed by atoms with E-state index in [2.05, 4.69) is 80.8 Å². The number of amides is 1. The second kappa shape index (κ2) is 50.5. The van der Waals surface area contributed by atoms with Crippen molar-refractivity contribution in [1.82, 2.24) is 5.32 Å². The first-order valence-electron chi connectivity index (χ1n) is 26.2. The summed E-state index contributed by atoms with van der Waals surface area (Å²) in [4.78, 5) is 26.2. The lowest BCUT2D eigenvalue weighted by atomic mass is 10.0. The van der Waals surface area contributed by atoms with Crippen LogP contribution in [0.1, 0.15) is 220 Å². The number of rotatable bonds is 45. The number of aliphatic hydroxyl groups is 2. The number of ether oxygens (including phenoxy) is 1. The summed E-state index contributed by atoms with van der Waals surface area (Å²) in [5.41, 5.74) is 0. The van der Waals surface area contributed by atoms with Crippen LogP contribution in [-0.4, -0.2) is 46.9 Å². The van der Waals surface area contributed by atoms with Crippen molar-refractivity contribution in [1.29, 1.82) is 0 Å². The molecule has 0 rings (SSSR count). The van der Waals surface area contributed by atoms with Crippen LogP contribution in [0.4, 0.5) is 0 Å². The first-order valence-corrected chi connectivity index (χ1v) is 26.2. The van der Waals surface area contributed by atoms with E-state index < -0.39 is 18.2 Å². The van der Waals surface area contributed by atoms with Crippen molar-refractivity contribution < 1.29 is 24.5 Å². The van der Waals surface area contributed by atoms with Crippen molar-refractivity contribution >= 4 is 11.9 Å². The van der Waals surface area contributed by atoms with E-state index in [1.807, 2.05) is 54.7 Å². The molecule has 0 fully saturated rings. The molecule has 0 aromatic heterocycles. The Balaban J connectivity index is 4.69. The highest BCUT2D eigenvalue weighted by atomic mass is 16.5. The van der Waals surface area contributed by atoms with Gasteiger partial charge in [0.2, 0.25) is 5.91 Å². The topological polar surface area (TPSA) is 95.9 Å². The molecule has 0 spiro atoms. The molecule has 0 aliphatic carbocycles. The summed E-state index contributed by atoms with van der Waals surface area (Å²) in [5.74, 6) is -0.551. The molecular weight excluding hydrogens is 791 g/mol. The quantitative estimate of drug-likeness (QED) is 0.0322. The molecular formula is C58H97NO5. The fourth-order valence-corrected chi connectivity index (χ4v) is 7.35. The van der Waals surface area contributed by atoms with Crippen molar-refractivity contribution in [2.24, 2.45) is 0 Å². The number of esters is 1. The van der Waals surface area contributed by atoms with Crippen molar-refractivity contribution in [3.05, 3.63) is 109 Å². The molecule has 6 heteroatoms. The van der Waals surface area contributed by atoms with Crippen LogP contribution in [0.2, 0.25) is 0 Å². The van der Waals surface area contributed by atoms with Crippen LogP contribution >= 0.6 is 0 Å².